The van der Waals surface area contributed by atoms with Crippen molar-refractivity contribution in [1.29, 1.82) is 0 Å². The lowest BCUT2D eigenvalue weighted by Crippen LogP contribution is -2.14. The van der Waals surface area contributed by atoms with Crippen LogP contribution in [0.5, 0.6) is 0 Å². The molecule has 0 spiro atoms. The van der Waals surface area contributed by atoms with Gasteiger partial charge in [-0.2, -0.15) is 0 Å². The highest BCUT2D eigenvalue weighted by Gasteiger charge is 2.18. The van der Waals surface area contributed by atoms with Crippen molar-refractivity contribution in [1.82, 2.24) is 15.0 Å². The average Bonchev–Trinajstić information content (AvgIpc) is 2.67. The Morgan fingerprint density at radius 3 is 2.62 bits per heavy atom. The maximum absolute atomic E-state index is 12.7. The summed E-state index contributed by atoms with van der Waals surface area (Å²) in [5.41, 5.74) is 8.60. The van der Waals surface area contributed by atoms with E-state index in [1.165, 1.54) is 12.1 Å². The van der Waals surface area contributed by atoms with E-state index in [1.54, 1.807) is 24.4 Å². The highest BCUT2D eigenvalue weighted by atomic mass is 35.5. The number of anilines is 2. The molecule has 0 amide bonds. The van der Waals surface area contributed by atoms with Crippen molar-refractivity contribution in [3.05, 3.63) is 71.4 Å². The van der Waals surface area contributed by atoms with Crippen molar-refractivity contribution >= 4 is 44.3 Å². The van der Waals surface area contributed by atoms with Gasteiger partial charge in [-0.1, -0.05) is 29.8 Å². The fourth-order valence-corrected chi connectivity index (χ4v) is 4.44. The summed E-state index contributed by atoms with van der Waals surface area (Å²) < 4.78 is 28.0. The highest BCUT2D eigenvalue weighted by Crippen LogP contribution is 2.27. The summed E-state index contributed by atoms with van der Waals surface area (Å²) in [5.74, 6) is 0.406. The molecule has 0 saturated heterocycles. The van der Waals surface area contributed by atoms with Gasteiger partial charge in [-0.3, -0.25) is 4.72 Å². The standard InChI is InChI=1S/C20H16ClN5O2S/c1-12-8-17(13-6-7-16-14(10-13)11-23-20(22)25-16)24-19(9-12)26-29(27,28)18-5-3-2-4-15(18)21/h2-11H,1H3,(H,24,26)(H2,22,23,25). The number of halogens is 1. The molecular weight excluding hydrogens is 410 g/mol. The normalized spacial score (nSPS) is 11.5. The Morgan fingerprint density at radius 1 is 1.03 bits per heavy atom. The molecule has 4 rings (SSSR count). The molecule has 0 aliphatic carbocycles. The quantitative estimate of drug-likeness (QED) is 0.510. The van der Waals surface area contributed by atoms with Crippen LogP contribution in [0.2, 0.25) is 5.02 Å². The summed E-state index contributed by atoms with van der Waals surface area (Å²) in [6.07, 6.45) is 1.64. The van der Waals surface area contributed by atoms with Crippen molar-refractivity contribution < 1.29 is 8.42 Å². The lowest BCUT2D eigenvalue weighted by Gasteiger charge is -2.11. The van der Waals surface area contributed by atoms with E-state index < -0.39 is 10.0 Å². The number of nitrogen functional groups attached to an aromatic ring is 1. The summed E-state index contributed by atoms with van der Waals surface area (Å²) in [6.45, 7) is 1.86. The van der Waals surface area contributed by atoms with Crippen molar-refractivity contribution in [2.45, 2.75) is 11.8 Å². The number of aromatic nitrogens is 3. The summed E-state index contributed by atoms with van der Waals surface area (Å²) in [7, 11) is -3.88. The zero-order chi connectivity index (χ0) is 20.6. The first-order valence-electron chi connectivity index (χ1n) is 8.60. The average molecular weight is 426 g/mol. The first-order chi connectivity index (χ1) is 13.8. The third-order valence-electron chi connectivity index (χ3n) is 4.23. The molecular formula is C20H16ClN5O2S. The van der Waals surface area contributed by atoms with Gasteiger partial charge in [0, 0.05) is 17.1 Å². The van der Waals surface area contributed by atoms with Gasteiger partial charge >= 0.3 is 0 Å². The van der Waals surface area contributed by atoms with E-state index in [9.17, 15) is 8.42 Å². The largest absolute Gasteiger partial charge is 0.368 e. The molecule has 2 aromatic heterocycles. The molecule has 146 valence electrons. The molecule has 2 heterocycles. The minimum Gasteiger partial charge on any atom is -0.368 e. The third kappa shape index (κ3) is 3.98. The Kier molecular flexibility index (Phi) is 4.81. The zero-order valence-electron chi connectivity index (χ0n) is 15.3. The fourth-order valence-electron chi connectivity index (χ4n) is 2.93. The number of aryl methyl sites for hydroxylation is 1. The Bertz CT molecular complexity index is 1340. The molecule has 3 N–H and O–H groups in total. The molecule has 0 aliphatic heterocycles. The van der Waals surface area contributed by atoms with E-state index in [-0.39, 0.29) is 21.7 Å². The molecule has 0 saturated carbocycles. The van der Waals surface area contributed by atoms with Gasteiger partial charge in [0.05, 0.1) is 16.2 Å². The summed E-state index contributed by atoms with van der Waals surface area (Å²) in [4.78, 5) is 12.6. The lowest BCUT2D eigenvalue weighted by molar-refractivity contribution is 0.601. The molecule has 4 aromatic rings. The van der Waals surface area contributed by atoms with Crippen LogP contribution in [0.15, 0.2) is 65.7 Å². The third-order valence-corrected chi connectivity index (χ3v) is 6.08. The van der Waals surface area contributed by atoms with Gasteiger partial charge in [0.25, 0.3) is 10.0 Å². The van der Waals surface area contributed by atoms with Gasteiger partial charge in [-0.25, -0.2) is 23.4 Å². The number of hydrogen-bond acceptors (Lipinski definition) is 6. The Hall–Kier alpha value is -3.23. The topological polar surface area (TPSA) is 111 Å². The summed E-state index contributed by atoms with van der Waals surface area (Å²) >= 11 is 6.04. The number of benzene rings is 2. The number of nitrogens with zero attached hydrogens (tertiary/aromatic N) is 3. The number of hydrogen-bond donors (Lipinski definition) is 2. The van der Waals surface area contributed by atoms with E-state index in [1.807, 2.05) is 31.2 Å². The van der Waals surface area contributed by atoms with Crippen molar-refractivity contribution in [2.75, 3.05) is 10.5 Å². The number of pyridine rings is 1. The number of fused-ring (bicyclic) bond motifs is 1. The second-order valence-corrected chi connectivity index (χ2v) is 8.51. The van der Waals surface area contributed by atoms with Crippen molar-refractivity contribution in [3.63, 3.8) is 0 Å². The van der Waals surface area contributed by atoms with E-state index in [0.29, 0.717) is 11.2 Å². The molecule has 9 heteroatoms. The van der Waals surface area contributed by atoms with Gasteiger partial charge in [0.2, 0.25) is 5.95 Å². The molecule has 0 radical (unpaired) electrons. The Labute approximate surface area is 172 Å². The van der Waals surface area contributed by atoms with Gasteiger partial charge in [0.15, 0.2) is 0 Å². The van der Waals surface area contributed by atoms with Gasteiger partial charge in [-0.05, 0) is 48.9 Å². The molecule has 2 aromatic carbocycles. The van der Waals surface area contributed by atoms with Crippen molar-refractivity contribution in [3.8, 4) is 11.3 Å². The molecule has 0 unspecified atom stereocenters. The van der Waals surface area contributed by atoms with E-state index in [4.69, 9.17) is 17.3 Å². The molecule has 0 fully saturated rings. The number of nitrogens with two attached hydrogens (primary N) is 1. The first-order valence-corrected chi connectivity index (χ1v) is 10.5. The first kappa shape index (κ1) is 19.1. The number of sulfonamides is 1. The fraction of sp³-hybridized carbons (Fsp3) is 0.0500. The second-order valence-electron chi connectivity index (χ2n) is 6.45. The van der Waals surface area contributed by atoms with E-state index in [2.05, 4.69) is 19.7 Å². The minimum absolute atomic E-state index is 0.00744. The SMILES string of the molecule is Cc1cc(NS(=O)(=O)c2ccccc2Cl)nc(-c2ccc3nc(N)ncc3c2)c1. The maximum Gasteiger partial charge on any atom is 0.264 e. The molecule has 0 aliphatic rings. The Balaban J connectivity index is 1.73. The van der Waals surface area contributed by atoms with E-state index >= 15 is 0 Å². The zero-order valence-corrected chi connectivity index (χ0v) is 16.9. The Morgan fingerprint density at radius 2 is 1.83 bits per heavy atom. The smallest absolute Gasteiger partial charge is 0.264 e. The highest BCUT2D eigenvalue weighted by molar-refractivity contribution is 7.92. The van der Waals surface area contributed by atoms with E-state index in [0.717, 1.165) is 16.5 Å². The van der Waals surface area contributed by atoms with Crippen LogP contribution in [-0.2, 0) is 10.0 Å². The van der Waals surface area contributed by atoms with Gasteiger partial charge < -0.3 is 5.73 Å². The van der Waals surface area contributed by atoms with Crippen LogP contribution in [0.3, 0.4) is 0 Å². The van der Waals surface area contributed by atoms with Crippen LogP contribution in [0.1, 0.15) is 5.56 Å². The van der Waals surface area contributed by atoms with Crippen LogP contribution in [-0.4, -0.2) is 23.4 Å². The summed E-state index contributed by atoms with van der Waals surface area (Å²) in [6, 6.07) is 15.3. The summed E-state index contributed by atoms with van der Waals surface area (Å²) in [5, 5.41) is 0.944. The molecule has 0 atom stereocenters. The van der Waals surface area contributed by atoms with Crippen LogP contribution in [0.25, 0.3) is 22.2 Å². The van der Waals surface area contributed by atoms with Crippen LogP contribution < -0.4 is 10.5 Å². The predicted molar refractivity (Wildman–Crippen MR) is 114 cm³/mol. The predicted octanol–water partition coefficient (Wildman–Crippen LogP) is 4.04. The lowest BCUT2D eigenvalue weighted by atomic mass is 10.1. The van der Waals surface area contributed by atoms with Gasteiger partial charge in [0.1, 0.15) is 10.7 Å². The second kappa shape index (κ2) is 7.31. The molecule has 7 nitrogen and oxygen atoms in total. The van der Waals surface area contributed by atoms with Crippen LogP contribution in [0, 0.1) is 6.92 Å². The molecule has 29 heavy (non-hydrogen) atoms. The van der Waals surface area contributed by atoms with Crippen LogP contribution in [0.4, 0.5) is 11.8 Å². The number of nitrogens with one attached hydrogen (secondary N) is 1. The molecule has 0 bridgehead atoms. The van der Waals surface area contributed by atoms with Crippen molar-refractivity contribution in [2.24, 2.45) is 0 Å². The number of rotatable bonds is 4. The maximum atomic E-state index is 12.7. The monoisotopic (exact) mass is 425 g/mol. The minimum atomic E-state index is -3.88. The van der Waals surface area contributed by atoms with Gasteiger partial charge in [-0.15, -0.1) is 0 Å². The van der Waals surface area contributed by atoms with Crippen LogP contribution >= 0.6 is 11.6 Å².